The molecule has 0 saturated heterocycles. The number of nitrogens with one attached hydrogen (secondary N) is 1. The van der Waals surface area contributed by atoms with E-state index in [-0.39, 0.29) is 4.90 Å². The van der Waals surface area contributed by atoms with Crippen LogP contribution in [0.5, 0.6) is 0 Å². The van der Waals surface area contributed by atoms with E-state index >= 15 is 0 Å². The second-order valence-corrected chi connectivity index (χ2v) is 8.22. The molecule has 0 atom stereocenters. The number of hydrogen-bond donors (Lipinski definition) is 1. The summed E-state index contributed by atoms with van der Waals surface area (Å²) in [7, 11) is -3.67. The Balaban J connectivity index is 2.08. The minimum atomic E-state index is -3.67. The number of rotatable bonds is 4. The predicted molar refractivity (Wildman–Crippen MR) is 106 cm³/mol. The van der Waals surface area contributed by atoms with E-state index in [2.05, 4.69) is 27.9 Å². The lowest BCUT2D eigenvalue weighted by atomic mass is 9.97. The number of aryl methyl sites for hydroxylation is 3. The van der Waals surface area contributed by atoms with Gasteiger partial charge in [-0.05, 0) is 68.7 Å². The Kier molecular flexibility index (Phi) is 4.83. The highest BCUT2D eigenvalue weighted by Crippen LogP contribution is 2.30. The fourth-order valence-electron chi connectivity index (χ4n) is 2.84. The standard InChI is InChI=1S/C21H22N2O2S/c1-14-10-11-15(2)19(12-14)21-17(4)16(3)13-20(22-21)23-26(24,25)18-8-6-5-7-9-18/h5-13H,1-4H3,(H,22,23). The molecule has 26 heavy (non-hydrogen) atoms. The molecule has 0 radical (unpaired) electrons. The second kappa shape index (κ2) is 6.92. The van der Waals surface area contributed by atoms with Gasteiger partial charge in [0.05, 0.1) is 10.6 Å². The van der Waals surface area contributed by atoms with Crippen LogP contribution in [0.1, 0.15) is 22.3 Å². The Bertz CT molecular complexity index is 1060. The summed E-state index contributed by atoms with van der Waals surface area (Å²) in [5, 5.41) is 0. The van der Waals surface area contributed by atoms with Crippen molar-refractivity contribution in [3.05, 3.63) is 76.9 Å². The lowest BCUT2D eigenvalue weighted by Gasteiger charge is -2.15. The summed E-state index contributed by atoms with van der Waals surface area (Å²) in [6.07, 6.45) is 0. The van der Waals surface area contributed by atoms with E-state index in [1.807, 2.05) is 27.7 Å². The molecule has 3 aromatic rings. The van der Waals surface area contributed by atoms with Gasteiger partial charge in [-0.1, -0.05) is 35.9 Å². The first-order valence-corrected chi connectivity index (χ1v) is 9.90. The summed E-state index contributed by atoms with van der Waals surface area (Å²) in [5.74, 6) is 0.327. The summed E-state index contributed by atoms with van der Waals surface area (Å²) >= 11 is 0. The minimum Gasteiger partial charge on any atom is -0.263 e. The third-order valence-corrected chi connectivity index (χ3v) is 5.84. The first kappa shape index (κ1) is 18.1. The van der Waals surface area contributed by atoms with Gasteiger partial charge in [-0.2, -0.15) is 0 Å². The zero-order valence-corrected chi connectivity index (χ0v) is 16.2. The molecule has 3 rings (SSSR count). The quantitative estimate of drug-likeness (QED) is 0.723. The lowest BCUT2D eigenvalue weighted by Crippen LogP contribution is -2.14. The fraction of sp³-hybridized carbons (Fsp3) is 0.190. The third-order valence-electron chi connectivity index (χ3n) is 4.47. The SMILES string of the molecule is Cc1ccc(C)c(-c2nc(NS(=O)(=O)c3ccccc3)cc(C)c2C)c1. The van der Waals surface area contributed by atoms with E-state index in [9.17, 15) is 8.42 Å². The van der Waals surface area contributed by atoms with Crippen molar-refractivity contribution in [1.82, 2.24) is 4.98 Å². The maximum absolute atomic E-state index is 12.6. The van der Waals surface area contributed by atoms with E-state index in [0.717, 1.165) is 33.5 Å². The van der Waals surface area contributed by atoms with Crippen molar-refractivity contribution in [2.45, 2.75) is 32.6 Å². The first-order valence-electron chi connectivity index (χ1n) is 8.41. The summed E-state index contributed by atoms with van der Waals surface area (Å²) in [6.45, 7) is 8.04. The number of hydrogen-bond acceptors (Lipinski definition) is 3. The molecule has 0 unspecified atom stereocenters. The Labute approximate surface area is 155 Å². The highest BCUT2D eigenvalue weighted by molar-refractivity contribution is 7.92. The fourth-order valence-corrected chi connectivity index (χ4v) is 3.85. The van der Waals surface area contributed by atoms with Gasteiger partial charge in [0.25, 0.3) is 10.0 Å². The molecule has 0 aliphatic carbocycles. The van der Waals surface area contributed by atoms with Crippen LogP contribution in [0.2, 0.25) is 0 Å². The van der Waals surface area contributed by atoms with Crippen molar-refractivity contribution in [1.29, 1.82) is 0 Å². The Morgan fingerprint density at radius 1 is 0.846 bits per heavy atom. The molecule has 1 N–H and O–H groups in total. The van der Waals surface area contributed by atoms with Crippen molar-refractivity contribution in [2.24, 2.45) is 0 Å². The Morgan fingerprint density at radius 2 is 1.54 bits per heavy atom. The van der Waals surface area contributed by atoms with Crippen LogP contribution in [0.15, 0.2) is 59.5 Å². The Morgan fingerprint density at radius 3 is 2.23 bits per heavy atom. The molecule has 0 amide bonds. The molecule has 0 saturated carbocycles. The lowest BCUT2D eigenvalue weighted by molar-refractivity contribution is 0.601. The van der Waals surface area contributed by atoms with Crippen LogP contribution in [0.3, 0.4) is 0 Å². The molecule has 5 heteroatoms. The molecular formula is C21H22N2O2S. The topological polar surface area (TPSA) is 59.1 Å². The van der Waals surface area contributed by atoms with Crippen molar-refractivity contribution in [3.63, 3.8) is 0 Å². The number of nitrogens with zero attached hydrogens (tertiary/aromatic N) is 1. The summed E-state index contributed by atoms with van der Waals surface area (Å²) in [6, 6.07) is 16.3. The summed E-state index contributed by atoms with van der Waals surface area (Å²) in [4.78, 5) is 4.84. The number of anilines is 1. The van der Waals surface area contributed by atoms with Gasteiger partial charge in [-0.15, -0.1) is 0 Å². The van der Waals surface area contributed by atoms with Gasteiger partial charge in [0.2, 0.25) is 0 Å². The summed E-state index contributed by atoms with van der Waals surface area (Å²) < 4.78 is 27.8. The second-order valence-electron chi connectivity index (χ2n) is 6.53. The minimum absolute atomic E-state index is 0.216. The first-order chi connectivity index (χ1) is 12.3. The number of aromatic nitrogens is 1. The zero-order valence-electron chi connectivity index (χ0n) is 15.4. The van der Waals surface area contributed by atoms with E-state index in [1.54, 1.807) is 36.4 Å². The molecule has 1 heterocycles. The van der Waals surface area contributed by atoms with E-state index in [1.165, 1.54) is 0 Å². The smallest absolute Gasteiger partial charge is 0.263 e. The van der Waals surface area contributed by atoms with Gasteiger partial charge in [-0.25, -0.2) is 13.4 Å². The van der Waals surface area contributed by atoms with E-state index in [4.69, 9.17) is 0 Å². The van der Waals surface area contributed by atoms with Gasteiger partial charge in [0.15, 0.2) is 0 Å². The summed E-state index contributed by atoms with van der Waals surface area (Å²) in [5.41, 5.74) is 6.10. The molecule has 4 nitrogen and oxygen atoms in total. The van der Waals surface area contributed by atoms with Crippen molar-refractivity contribution in [2.75, 3.05) is 4.72 Å². The molecule has 0 aliphatic rings. The van der Waals surface area contributed by atoms with Crippen molar-refractivity contribution >= 4 is 15.8 Å². The van der Waals surface area contributed by atoms with Crippen LogP contribution in [0.4, 0.5) is 5.82 Å². The van der Waals surface area contributed by atoms with Crippen LogP contribution in [-0.4, -0.2) is 13.4 Å². The number of sulfonamides is 1. The van der Waals surface area contributed by atoms with E-state index in [0.29, 0.717) is 5.82 Å². The predicted octanol–water partition coefficient (Wildman–Crippen LogP) is 4.78. The molecule has 134 valence electrons. The van der Waals surface area contributed by atoms with Crippen molar-refractivity contribution in [3.8, 4) is 11.3 Å². The zero-order chi connectivity index (χ0) is 18.9. The largest absolute Gasteiger partial charge is 0.263 e. The maximum atomic E-state index is 12.6. The molecule has 0 spiro atoms. The average molecular weight is 366 g/mol. The van der Waals surface area contributed by atoms with Gasteiger partial charge >= 0.3 is 0 Å². The average Bonchev–Trinajstić information content (AvgIpc) is 2.61. The van der Waals surface area contributed by atoms with Crippen molar-refractivity contribution < 1.29 is 8.42 Å². The van der Waals surface area contributed by atoms with Crippen LogP contribution in [0, 0.1) is 27.7 Å². The van der Waals surface area contributed by atoms with Gasteiger partial charge < -0.3 is 0 Å². The van der Waals surface area contributed by atoms with E-state index < -0.39 is 10.0 Å². The molecule has 1 aromatic heterocycles. The number of pyridine rings is 1. The van der Waals surface area contributed by atoms with Gasteiger partial charge in [0.1, 0.15) is 5.82 Å². The maximum Gasteiger partial charge on any atom is 0.263 e. The molecule has 0 fully saturated rings. The molecule has 0 bridgehead atoms. The highest BCUT2D eigenvalue weighted by atomic mass is 32.2. The van der Waals surface area contributed by atoms with Crippen LogP contribution < -0.4 is 4.72 Å². The molecule has 2 aromatic carbocycles. The molecule has 0 aliphatic heterocycles. The monoisotopic (exact) mass is 366 g/mol. The highest BCUT2D eigenvalue weighted by Gasteiger charge is 2.17. The third kappa shape index (κ3) is 3.63. The van der Waals surface area contributed by atoms with Crippen LogP contribution in [-0.2, 0) is 10.0 Å². The molecular weight excluding hydrogens is 344 g/mol. The normalized spacial score (nSPS) is 11.4. The number of benzene rings is 2. The van der Waals surface area contributed by atoms with Crippen LogP contribution in [0.25, 0.3) is 11.3 Å². The van der Waals surface area contributed by atoms with Crippen LogP contribution >= 0.6 is 0 Å². The Hall–Kier alpha value is -2.66. The van der Waals surface area contributed by atoms with Gasteiger partial charge in [-0.3, -0.25) is 4.72 Å². The van der Waals surface area contributed by atoms with Gasteiger partial charge in [0, 0.05) is 5.56 Å².